The predicted molar refractivity (Wildman–Crippen MR) is 146 cm³/mol. The topological polar surface area (TPSA) is 144 Å². The van der Waals surface area contributed by atoms with Crippen LogP contribution in [-0.2, 0) is 21.2 Å². The average Bonchev–Trinajstić information content (AvgIpc) is 3.59. The molecule has 3 aromatic rings. The number of nitrogens with zero attached hydrogens (tertiary/aromatic N) is 2. The summed E-state index contributed by atoms with van der Waals surface area (Å²) in [6.45, 7) is 0. The molecule has 0 bridgehead atoms. The fourth-order valence-corrected chi connectivity index (χ4v) is 4.33. The van der Waals surface area contributed by atoms with Crippen LogP contribution in [-0.4, -0.2) is 60.8 Å². The van der Waals surface area contributed by atoms with E-state index in [2.05, 4.69) is 20.6 Å². The van der Waals surface area contributed by atoms with Crippen molar-refractivity contribution in [1.29, 1.82) is 0 Å². The molecule has 0 spiro atoms. The Morgan fingerprint density at radius 2 is 1.95 bits per heavy atom. The van der Waals surface area contributed by atoms with Crippen molar-refractivity contribution in [2.75, 3.05) is 22.9 Å². The van der Waals surface area contributed by atoms with Crippen LogP contribution in [0.25, 0.3) is 6.08 Å². The van der Waals surface area contributed by atoms with Gasteiger partial charge >= 0.3 is 0 Å². The molecule has 4 N–H and O–H groups in total. The third-order valence-corrected chi connectivity index (χ3v) is 7.46. The summed E-state index contributed by atoms with van der Waals surface area (Å²) in [4.78, 5) is 32.9. The van der Waals surface area contributed by atoms with Gasteiger partial charge in [0.2, 0.25) is 16.0 Å². The average molecular weight is 538 g/mol. The summed E-state index contributed by atoms with van der Waals surface area (Å²) in [5.41, 5.74) is 2.00. The quantitative estimate of drug-likeness (QED) is 0.296. The molecule has 38 heavy (non-hydrogen) atoms. The number of nitrogens with one attached hydrogen (secondary N) is 3. The fourth-order valence-electron chi connectivity index (χ4n) is 3.84. The Labute approximate surface area is 221 Å². The molecular weight excluding hydrogens is 506 g/mol. The van der Waals surface area contributed by atoms with Crippen LogP contribution in [0.1, 0.15) is 34.3 Å². The van der Waals surface area contributed by atoms with Gasteiger partial charge in [0.1, 0.15) is 0 Å². The van der Waals surface area contributed by atoms with Gasteiger partial charge in [-0.3, -0.25) is 19.2 Å². The van der Waals surface area contributed by atoms with E-state index < -0.39 is 34.0 Å². The van der Waals surface area contributed by atoms with Crippen molar-refractivity contribution in [2.45, 2.75) is 31.4 Å². The minimum absolute atomic E-state index is 0.169. The van der Waals surface area contributed by atoms with Gasteiger partial charge in [0.15, 0.2) is 6.10 Å². The smallest absolute Gasteiger partial charge is 0.257 e. The number of aliphatic hydroxyl groups is 1. The maximum absolute atomic E-state index is 13.5. The Balaban J connectivity index is 1.61. The molecule has 1 fully saturated rings. The van der Waals surface area contributed by atoms with Gasteiger partial charge in [0, 0.05) is 25.0 Å². The lowest BCUT2D eigenvalue weighted by atomic mass is 9.99. The number of rotatable bonds is 11. The number of aromatic nitrogens is 2. The number of aliphatic hydroxyl groups excluding tert-OH is 1. The molecule has 11 heteroatoms. The Bertz CT molecular complexity index is 1400. The van der Waals surface area contributed by atoms with Gasteiger partial charge in [-0.2, -0.15) is 0 Å². The van der Waals surface area contributed by atoms with Crippen molar-refractivity contribution < 1.29 is 23.1 Å². The highest BCUT2D eigenvalue weighted by Gasteiger charge is 2.29. The van der Waals surface area contributed by atoms with E-state index in [4.69, 9.17) is 0 Å². The monoisotopic (exact) mass is 537 g/mol. The predicted octanol–water partition coefficient (Wildman–Crippen LogP) is 2.57. The van der Waals surface area contributed by atoms with Gasteiger partial charge in [-0.1, -0.05) is 42.5 Å². The van der Waals surface area contributed by atoms with Crippen molar-refractivity contribution in [2.24, 2.45) is 5.92 Å². The summed E-state index contributed by atoms with van der Waals surface area (Å²) in [6.07, 6.45) is 8.78. The van der Waals surface area contributed by atoms with Crippen molar-refractivity contribution in [1.82, 2.24) is 15.3 Å². The molecule has 0 unspecified atom stereocenters. The number of H-pyrrole nitrogens is 1. The second-order valence-electron chi connectivity index (χ2n) is 9.38. The Hall–Kier alpha value is -3.96. The number of carbonyl (C=O) groups is 2. The van der Waals surface area contributed by atoms with Crippen LogP contribution in [0.2, 0.25) is 0 Å². The molecule has 2 aromatic carbocycles. The molecule has 1 aliphatic carbocycles. The van der Waals surface area contributed by atoms with Crippen molar-refractivity contribution in [3.8, 4) is 0 Å². The normalized spacial score (nSPS) is 15.1. The second kappa shape index (κ2) is 11.6. The van der Waals surface area contributed by atoms with Gasteiger partial charge in [0.25, 0.3) is 11.8 Å². The van der Waals surface area contributed by atoms with E-state index in [1.165, 1.54) is 25.5 Å². The summed E-state index contributed by atoms with van der Waals surface area (Å²) in [7, 11) is -2.15. The zero-order valence-electron chi connectivity index (χ0n) is 21.2. The minimum Gasteiger partial charge on any atom is -0.381 e. The van der Waals surface area contributed by atoms with E-state index in [9.17, 15) is 23.1 Å². The summed E-state index contributed by atoms with van der Waals surface area (Å²) in [5, 5.41) is 16.2. The van der Waals surface area contributed by atoms with Crippen molar-refractivity contribution in [3.05, 3.63) is 83.7 Å². The van der Waals surface area contributed by atoms with Crippen LogP contribution >= 0.6 is 0 Å². The third kappa shape index (κ3) is 7.30. The number of imidazole rings is 1. The molecule has 200 valence electrons. The molecule has 1 heterocycles. The second-order valence-corrected chi connectivity index (χ2v) is 11.4. The molecule has 1 aromatic heterocycles. The summed E-state index contributed by atoms with van der Waals surface area (Å²) in [5.74, 6) is -0.635. The zero-order chi connectivity index (χ0) is 27.3. The molecule has 10 nitrogen and oxygen atoms in total. The van der Waals surface area contributed by atoms with Gasteiger partial charge < -0.3 is 15.4 Å². The number of benzene rings is 2. The minimum atomic E-state index is -3.57. The van der Waals surface area contributed by atoms with Crippen LogP contribution < -0.4 is 14.9 Å². The summed E-state index contributed by atoms with van der Waals surface area (Å²) < 4.78 is 25.5. The maximum atomic E-state index is 13.5. The molecule has 0 saturated heterocycles. The number of amides is 2. The maximum Gasteiger partial charge on any atom is 0.257 e. The number of hydrogen-bond acceptors (Lipinski definition) is 6. The molecular formula is C27H31N5O5S. The highest BCUT2D eigenvalue weighted by molar-refractivity contribution is 7.92. The molecule has 1 aliphatic rings. The van der Waals surface area contributed by atoms with Gasteiger partial charge in [0.05, 0.1) is 18.0 Å². The standard InChI is InChI=1S/C27H31N5O5S/c1-32(38(2,36)37)22-15-20(11-10-18-8-9-18)14-21(17-22)25(34)30-23(16-19-6-4-3-5-7-19)24(33)26(35)31-27-28-12-13-29-27/h3-7,10-15,17-18,23-24,33H,8-9,16H2,1-2H3,(H,30,34)(H2,28,29,31,35)/b11-10-/t23-,24+/m0/s1. The van der Waals surface area contributed by atoms with Crippen LogP contribution in [0.4, 0.5) is 11.6 Å². The number of anilines is 2. The first-order chi connectivity index (χ1) is 18.1. The molecule has 1 saturated carbocycles. The van der Waals surface area contributed by atoms with E-state index in [0.717, 1.165) is 29.0 Å². The number of allylic oxidation sites excluding steroid dienone is 1. The van der Waals surface area contributed by atoms with Gasteiger partial charge in [-0.05, 0) is 54.5 Å². The lowest BCUT2D eigenvalue weighted by Crippen LogP contribution is -2.50. The fraction of sp³-hybridized carbons (Fsp3) is 0.296. The van der Waals surface area contributed by atoms with Crippen LogP contribution in [0.3, 0.4) is 0 Å². The van der Waals surface area contributed by atoms with E-state index in [1.807, 2.05) is 42.5 Å². The largest absolute Gasteiger partial charge is 0.381 e. The van der Waals surface area contributed by atoms with E-state index in [1.54, 1.807) is 12.1 Å². The van der Waals surface area contributed by atoms with Crippen LogP contribution in [0.15, 0.2) is 67.0 Å². The molecule has 2 atom stereocenters. The van der Waals surface area contributed by atoms with Crippen LogP contribution in [0.5, 0.6) is 0 Å². The lowest BCUT2D eigenvalue weighted by Gasteiger charge is -2.24. The number of carbonyl (C=O) groups excluding carboxylic acids is 2. The van der Waals surface area contributed by atoms with Gasteiger partial charge in [-0.15, -0.1) is 0 Å². The Morgan fingerprint density at radius 3 is 2.58 bits per heavy atom. The highest BCUT2D eigenvalue weighted by Crippen LogP contribution is 2.31. The SMILES string of the molecule is CN(c1cc(/C=C\C2CC2)cc(C(=O)N[C@@H](Cc2ccccc2)[C@@H](O)C(=O)Nc2ncc[nH]2)c1)S(C)(=O)=O. The highest BCUT2D eigenvalue weighted by atomic mass is 32.2. The first-order valence-corrected chi connectivity index (χ1v) is 14.1. The van der Waals surface area contributed by atoms with Gasteiger partial charge in [-0.25, -0.2) is 13.4 Å². The lowest BCUT2D eigenvalue weighted by molar-refractivity contribution is -0.125. The first-order valence-electron chi connectivity index (χ1n) is 12.2. The molecule has 0 radical (unpaired) electrons. The summed E-state index contributed by atoms with van der Waals surface area (Å²) >= 11 is 0. The first kappa shape index (κ1) is 27.1. The number of aromatic amines is 1. The number of hydrogen-bond donors (Lipinski definition) is 4. The molecule has 0 aliphatic heterocycles. The van der Waals surface area contributed by atoms with E-state index in [0.29, 0.717) is 17.2 Å². The zero-order valence-corrected chi connectivity index (χ0v) is 22.0. The molecule has 2 amide bonds. The van der Waals surface area contributed by atoms with E-state index in [-0.39, 0.29) is 17.9 Å². The van der Waals surface area contributed by atoms with E-state index >= 15 is 0 Å². The van der Waals surface area contributed by atoms with Crippen molar-refractivity contribution in [3.63, 3.8) is 0 Å². The summed E-state index contributed by atoms with van der Waals surface area (Å²) in [6, 6.07) is 13.0. The number of sulfonamides is 1. The van der Waals surface area contributed by atoms with Crippen LogP contribution in [0, 0.1) is 5.92 Å². The Kier molecular flexibility index (Phi) is 8.28. The third-order valence-electron chi connectivity index (χ3n) is 6.25. The van der Waals surface area contributed by atoms with Crippen molar-refractivity contribution >= 4 is 39.5 Å². The Morgan fingerprint density at radius 1 is 1.21 bits per heavy atom. The molecule has 4 rings (SSSR count).